The van der Waals surface area contributed by atoms with Crippen molar-refractivity contribution in [2.24, 2.45) is 5.73 Å². The van der Waals surface area contributed by atoms with E-state index in [0.29, 0.717) is 16.5 Å². The Hall–Kier alpha value is -2.64. The minimum atomic E-state index is -0.598. The summed E-state index contributed by atoms with van der Waals surface area (Å²) in [4.78, 5) is 23.3. The quantitative estimate of drug-likeness (QED) is 0.696. The van der Waals surface area contributed by atoms with Gasteiger partial charge in [0.2, 0.25) is 0 Å². The molecule has 0 aliphatic heterocycles. The lowest BCUT2D eigenvalue weighted by atomic mass is 10.1. The van der Waals surface area contributed by atoms with Crippen LogP contribution in [0, 0.1) is 6.92 Å². The van der Waals surface area contributed by atoms with Crippen molar-refractivity contribution in [3.8, 4) is 5.75 Å². The van der Waals surface area contributed by atoms with E-state index >= 15 is 0 Å². The van der Waals surface area contributed by atoms with Gasteiger partial charge >= 0.3 is 0 Å². The SMILES string of the molecule is Cc1cc(OCC(=O)NC(=S)Nc2ccccc2C(N)=O)ccc1Cl. The Bertz CT molecular complexity index is 827. The molecule has 6 nitrogen and oxygen atoms in total. The van der Waals surface area contributed by atoms with Crippen molar-refractivity contribution >= 4 is 46.4 Å². The standard InChI is InChI=1S/C17H16ClN3O3S/c1-10-8-11(6-7-13(10)18)24-9-15(22)21-17(25)20-14-5-3-2-4-12(14)16(19)23/h2-8H,9H2,1H3,(H2,19,23)(H2,20,21,22,25). The van der Waals surface area contributed by atoms with Gasteiger partial charge in [0, 0.05) is 5.02 Å². The highest BCUT2D eigenvalue weighted by molar-refractivity contribution is 7.80. The van der Waals surface area contributed by atoms with Gasteiger partial charge in [-0.2, -0.15) is 0 Å². The number of nitrogens with one attached hydrogen (secondary N) is 2. The van der Waals surface area contributed by atoms with Gasteiger partial charge < -0.3 is 15.8 Å². The van der Waals surface area contributed by atoms with Crippen LogP contribution in [0.15, 0.2) is 42.5 Å². The molecule has 0 fully saturated rings. The first-order valence-corrected chi connectivity index (χ1v) is 8.04. The summed E-state index contributed by atoms with van der Waals surface area (Å²) in [7, 11) is 0. The van der Waals surface area contributed by atoms with Crippen LogP contribution in [0.1, 0.15) is 15.9 Å². The van der Waals surface area contributed by atoms with E-state index in [-0.39, 0.29) is 17.3 Å². The molecule has 130 valence electrons. The maximum absolute atomic E-state index is 11.9. The van der Waals surface area contributed by atoms with Gasteiger partial charge in [0.25, 0.3) is 11.8 Å². The molecule has 0 atom stereocenters. The number of ether oxygens (including phenoxy) is 1. The number of benzene rings is 2. The fourth-order valence-corrected chi connectivity index (χ4v) is 2.32. The fourth-order valence-electron chi connectivity index (χ4n) is 1.98. The van der Waals surface area contributed by atoms with Crippen LogP contribution < -0.4 is 21.1 Å². The first-order chi connectivity index (χ1) is 11.9. The molecule has 0 aliphatic carbocycles. The van der Waals surface area contributed by atoms with Crippen LogP contribution in [0.25, 0.3) is 0 Å². The number of nitrogens with two attached hydrogens (primary N) is 1. The summed E-state index contributed by atoms with van der Waals surface area (Å²) < 4.78 is 5.38. The molecule has 0 saturated carbocycles. The molecule has 0 heterocycles. The summed E-state index contributed by atoms with van der Waals surface area (Å²) in [5.41, 5.74) is 6.82. The van der Waals surface area contributed by atoms with Crippen molar-refractivity contribution in [1.29, 1.82) is 0 Å². The van der Waals surface area contributed by atoms with Gasteiger partial charge in [0.15, 0.2) is 11.7 Å². The first-order valence-electron chi connectivity index (χ1n) is 7.25. The van der Waals surface area contributed by atoms with Crippen molar-refractivity contribution in [3.63, 3.8) is 0 Å². The molecule has 0 spiro atoms. The monoisotopic (exact) mass is 377 g/mol. The third-order valence-electron chi connectivity index (χ3n) is 3.19. The molecule has 0 saturated heterocycles. The Labute approximate surface area is 155 Å². The van der Waals surface area contributed by atoms with Crippen molar-refractivity contribution < 1.29 is 14.3 Å². The number of primary amides is 1. The van der Waals surface area contributed by atoms with Gasteiger partial charge in [-0.25, -0.2) is 0 Å². The Balaban J connectivity index is 1.89. The molecule has 0 bridgehead atoms. The summed E-state index contributed by atoms with van der Waals surface area (Å²) in [5, 5.41) is 5.89. The highest BCUT2D eigenvalue weighted by Crippen LogP contribution is 2.20. The van der Waals surface area contributed by atoms with E-state index in [1.807, 2.05) is 6.92 Å². The van der Waals surface area contributed by atoms with Crippen LogP contribution in [-0.2, 0) is 4.79 Å². The van der Waals surface area contributed by atoms with Gasteiger partial charge in [-0.3, -0.25) is 14.9 Å². The molecule has 2 aromatic rings. The normalized spacial score (nSPS) is 10.0. The number of amides is 2. The van der Waals surface area contributed by atoms with E-state index in [1.54, 1.807) is 42.5 Å². The zero-order valence-electron chi connectivity index (χ0n) is 13.3. The maximum Gasteiger partial charge on any atom is 0.264 e. The summed E-state index contributed by atoms with van der Waals surface area (Å²) in [6.45, 7) is 1.62. The molecule has 0 radical (unpaired) electrons. The Morgan fingerprint density at radius 1 is 1.24 bits per heavy atom. The number of rotatable bonds is 5. The van der Waals surface area contributed by atoms with Crippen molar-refractivity contribution in [2.75, 3.05) is 11.9 Å². The van der Waals surface area contributed by atoms with E-state index in [0.717, 1.165) is 5.56 Å². The van der Waals surface area contributed by atoms with Crippen molar-refractivity contribution in [3.05, 3.63) is 58.6 Å². The average molecular weight is 378 g/mol. The minimum Gasteiger partial charge on any atom is -0.484 e. The zero-order valence-corrected chi connectivity index (χ0v) is 14.9. The lowest BCUT2D eigenvalue weighted by Gasteiger charge is -2.12. The Morgan fingerprint density at radius 2 is 1.96 bits per heavy atom. The number of anilines is 1. The van der Waals surface area contributed by atoms with Gasteiger partial charge in [-0.15, -0.1) is 0 Å². The molecule has 2 aromatic carbocycles. The molecule has 0 unspecified atom stereocenters. The number of aryl methyl sites for hydroxylation is 1. The molecular weight excluding hydrogens is 362 g/mol. The second kappa shape index (κ2) is 8.46. The molecule has 25 heavy (non-hydrogen) atoms. The third kappa shape index (κ3) is 5.44. The fraction of sp³-hybridized carbons (Fsp3) is 0.118. The van der Waals surface area contributed by atoms with Crippen LogP contribution in [-0.4, -0.2) is 23.5 Å². The van der Waals surface area contributed by atoms with Crippen LogP contribution >= 0.6 is 23.8 Å². The van der Waals surface area contributed by atoms with E-state index in [1.165, 1.54) is 0 Å². The number of halogens is 1. The lowest BCUT2D eigenvalue weighted by molar-refractivity contribution is -0.121. The summed E-state index contributed by atoms with van der Waals surface area (Å²) in [6, 6.07) is 11.7. The van der Waals surface area contributed by atoms with Gasteiger partial charge in [0.1, 0.15) is 5.75 Å². The Kier molecular flexibility index (Phi) is 6.32. The lowest BCUT2D eigenvalue weighted by Crippen LogP contribution is -2.37. The highest BCUT2D eigenvalue weighted by Gasteiger charge is 2.11. The number of hydrogen-bond acceptors (Lipinski definition) is 4. The predicted octanol–water partition coefficient (Wildman–Crippen LogP) is 2.64. The van der Waals surface area contributed by atoms with Crippen molar-refractivity contribution in [2.45, 2.75) is 6.92 Å². The second-order valence-corrected chi connectivity index (χ2v) is 5.93. The van der Waals surface area contributed by atoms with Crippen LogP contribution in [0.2, 0.25) is 5.02 Å². The molecular formula is C17H16ClN3O3S. The first kappa shape index (κ1) is 18.7. The summed E-state index contributed by atoms with van der Waals surface area (Å²) >= 11 is 11.0. The topological polar surface area (TPSA) is 93.4 Å². The molecule has 2 rings (SSSR count). The van der Waals surface area contributed by atoms with Gasteiger partial charge in [-0.1, -0.05) is 23.7 Å². The number of thiocarbonyl (C=S) groups is 1. The maximum atomic E-state index is 11.9. The smallest absolute Gasteiger partial charge is 0.264 e. The molecule has 8 heteroatoms. The summed E-state index contributed by atoms with van der Waals surface area (Å²) in [6.07, 6.45) is 0. The van der Waals surface area contributed by atoms with E-state index in [9.17, 15) is 9.59 Å². The van der Waals surface area contributed by atoms with Crippen LogP contribution in [0.3, 0.4) is 0 Å². The highest BCUT2D eigenvalue weighted by atomic mass is 35.5. The molecule has 0 aromatic heterocycles. The van der Waals surface area contributed by atoms with E-state index in [4.69, 9.17) is 34.3 Å². The molecule has 2 amide bonds. The van der Waals surface area contributed by atoms with Gasteiger partial charge in [0.05, 0.1) is 11.3 Å². The van der Waals surface area contributed by atoms with E-state index < -0.39 is 11.8 Å². The number of hydrogen-bond donors (Lipinski definition) is 3. The largest absolute Gasteiger partial charge is 0.484 e. The predicted molar refractivity (Wildman–Crippen MR) is 101 cm³/mol. The number of carbonyl (C=O) groups is 2. The number of carbonyl (C=O) groups excluding carboxylic acids is 2. The average Bonchev–Trinajstić information content (AvgIpc) is 2.56. The minimum absolute atomic E-state index is 0.0367. The van der Waals surface area contributed by atoms with Crippen LogP contribution in [0.5, 0.6) is 5.75 Å². The Morgan fingerprint density at radius 3 is 2.64 bits per heavy atom. The third-order valence-corrected chi connectivity index (χ3v) is 3.82. The van der Waals surface area contributed by atoms with Gasteiger partial charge in [-0.05, 0) is 55.0 Å². The summed E-state index contributed by atoms with van der Waals surface area (Å²) in [5.74, 6) is -0.518. The second-order valence-electron chi connectivity index (χ2n) is 5.11. The van der Waals surface area contributed by atoms with E-state index in [2.05, 4.69) is 10.6 Å². The molecule has 0 aliphatic rings. The van der Waals surface area contributed by atoms with Crippen LogP contribution in [0.4, 0.5) is 5.69 Å². The van der Waals surface area contributed by atoms with Crippen molar-refractivity contribution in [1.82, 2.24) is 5.32 Å². The molecule has 4 N–H and O–H groups in total. The number of para-hydroxylation sites is 1. The zero-order chi connectivity index (χ0) is 18.4.